The SMILES string of the molecule is COc1cccc(C(NC(=O)NC(C)c2ccccc2)c2nccn2C)c1. The third-order valence-electron chi connectivity index (χ3n) is 4.47. The molecule has 3 aromatic rings. The van der Waals surface area contributed by atoms with Crippen LogP contribution in [0.1, 0.15) is 36.0 Å². The van der Waals surface area contributed by atoms with E-state index in [9.17, 15) is 4.79 Å². The van der Waals surface area contributed by atoms with Crippen molar-refractivity contribution in [1.29, 1.82) is 0 Å². The van der Waals surface area contributed by atoms with Gasteiger partial charge in [0.25, 0.3) is 0 Å². The van der Waals surface area contributed by atoms with Crippen LogP contribution in [0, 0.1) is 0 Å². The van der Waals surface area contributed by atoms with Gasteiger partial charge in [-0.2, -0.15) is 0 Å². The summed E-state index contributed by atoms with van der Waals surface area (Å²) < 4.78 is 7.22. The van der Waals surface area contributed by atoms with Gasteiger partial charge < -0.3 is 19.9 Å². The number of urea groups is 1. The Kier molecular flexibility index (Phi) is 5.76. The quantitative estimate of drug-likeness (QED) is 0.702. The molecule has 27 heavy (non-hydrogen) atoms. The van der Waals surface area contributed by atoms with E-state index in [1.54, 1.807) is 13.3 Å². The highest BCUT2D eigenvalue weighted by Gasteiger charge is 2.22. The molecule has 0 spiro atoms. The molecular weight excluding hydrogens is 340 g/mol. The maximum absolute atomic E-state index is 12.7. The highest BCUT2D eigenvalue weighted by atomic mass is 16.5. The molecule has 2 aromatic carbocycles. The number of carbonyl (C=O) groups is 1. The topological polar surface area (TPSA) is 68.2 Å². The molecule has 1 heterocycles. The van der Waals surface area contributed by atoms with E-state index in [4.69, 9.17) is 4.74 Å². The Hall–Kier alpha value is -3.28. The molecule has 0 aliphatic carbocycles. The average Bonchev–Trinajstić information content (AvgIpc) is 3.12. The summed E-state index contributed by atoms with van der Waals surface area (Å²) in [5, 5.41) is 6.03. The van der Waals surface area contributed by atoms with Crippen LogP contribution in [-0.4, -0.2) is 22.7 Å². The number of rotatable bonds is 6. The van der Waals surface area contributed by atoms with Crippen molar-refractivity contribution in [1.82, 2.24) is 20.2 Å². The lowest BCUT2D eigenvalue weighted by atomic mass is 10.1. The summed E-state index contributed by atoms with van der Waals surface area (Å²) in [5.74, 6) is 1.47. The van der Waals surface area contributed by atoms with E-state index < -0.39 is 6.04 Å². The van der Waals surface area contributed by atoms with Gasteiger partial charge in [-0.1, -0.05) is 42.5 Å². The Morgan fingerprint density at radius 3 is 2.48 bits per heavy atom. The van der Waals surface area contributed by atoms with Crippen LogP contribution in [0.4, 0.5) is 4.79 Å². The standard InChI is InChI=1S/C21H24N4O2/c1-15(16-8-5-4-6-9-16)23-21(26)24-19(20-22-12-13-25(20)2)17-10-7-11-18(14-17)27-3/h4-15,19H,1-3H3,(H2,23,24,26). The monoisotopic (exact) mass is 364 g/mol. The summed E-state index contributed by atoms with van der Waals surface area (Å²) >= 11 is 0. The van der Waals surface area contributed by atoms with Crippen molar-refractivity contribution in [2.75, 3.05) is 7.11 Å². The van der Waals surface area contributed by atoms with Gasteiger partial charge in [-0.05, 0) is 30.2 Å². The van der Waals surface area contributed by atoms with Gasteiger partial charge in [0.05, 0.1) is 13.2 Å². The van der Waals surface area contributed by atoms with Crippen LogP contribution in [0.5, 0.6) is 5.75 Å². The van der Waals surface area contributed by atoms with E-state index in [1.807, 2.05) is 79.3 Å². The van der Waals surface area contributed by atoms with Gasteiger partial charge in [0.2, 0.25) is 0 Å². The van der Waals surface area contributed by atoms with Gasteiger partial charge in [-0.15, -0.1) is 0 Å². The number of nitrogens with zero attached hydrogens (tertiary/aromatic N) is 2. The number of carbonyl (C=O) groups excluding carboxylic acids is 1. The molecule has 0 bridgehead atoms. The molecule has 140 valence electrons. The lowest BCUT2D eigenvalue weighted by Gasteiger charge is -2.22. The lowest BCUT2D eigenvalue weighted by molar-refractivity contribution is 0.235. The van der Waals surface area contributed by atoms with Crippen LogP contribution in [0.2, 0.25) is 0 Å². The van der Waals surface area contributed by atoms with Gasteiger partial charge in [0.15, 0.2) is 0 Å². The van der Waals surface area contributed by atoms with Gasteiger partial charge >= 0.3 is 6.03 Å². The minimum Gasteiger partial charge on any atom is -0.497 e. The zero-order valence-corrected chi connectivity index (χ0v) is 15.7. The van der Waals surface area contributed by atoms with Crippen LogP contribution in [-0.2, 0) is 7.05 Å². The molecule has 6 heteroatoms. The summed E-state index contributed by atoms with van der Waals surface area (Å²) in [5.41, 5.74) is 1.94. The molecule has 1 aromatic heterocycles. The molecular formula is C21H24N4O2. The molecule has 0 fully saturated rings. The largest absolute Gasteiger partial charge is 0.497 e. The fourth-order valence-corrected chi connectivity index (χ4v) is 2.97. The van der Waals surface area contributed by atoms with Crippen molar-refractivity contribution < 1.29 is 9.53 Å². The minimum absolute atomic E-state index is 0.112. The van der Waals surface area contributed by atoms with Crippen LogP contribution in [0.3, 0.4) is 0 Å². The van der Waals surface area contributed by atoms with Crippen LogP contribution in [0.25, 0.3) is 0 Å². The molecule has 2 unspecified atom stereocenters. The Bertz CT molecular complexity index is 892. The minimum atomic E-state index is -0.400. The number of hydrogen-bond donors (Lipinski definition) is 2. The number of ether oxygens (including phenoxy) is 1. The maximum Gasteiger partial charge on any atom is 0.316 e. The molecule has 0 aliphatic rings. The summed E-state index contributed by atoms with van der Waals surface area (Å²) in [6, 6.07) is 16.7. The lowest BCUT2D eigenvalue weighted by Crippen LogP contribution is -2.40. The first kappa shape index (κ1) is 18.5. The summed E-state index contributed by atoms with van der Waals surface area (Å²) in [7, 11) is 3.53. The number of methoxy groups -OCH3 is 1. The van der Waals surface area contributed by atoms with Gasteiger partial charge in [-0.3, -0.25) is 0 Å². The van der Waals surface area contributed by atoms with Crippen molar-refractivity contribution in [2.24, 2.45) is 7.05 Å². The fraction of sp³-hybridized carbons (Fsp3) is 0.238. The predicted molar refractivity (Wildman–Crippen MR) is 105 cm³/mol. The molecule has 2 atom stereocenters. The van der Waals surface area contributed by atoms with Crippen molar-refractivity contribution in [3.05, 3.63) is 83.9 Å². The highest BCUT2D eigenvalue weighted by molar-refractivity contribution is 5.75. The molecule has 0 saturated carbocycles. The van der Waals surface area contributed by atoms with Crippen molar-refractivity contribution >= 4 is 6.03 Å². The Balaban J connectivity index is 1.81. The van der Waals surface area contributed by atoms with E-state index in [1.165, 1.54) is 0 Å². The van der Waals surface area contributed by atoms with E-state index in [0.29, 0.717) is 0 Å². The molecule has 6 nitrogen and oxygen atoms in total. The summed E-state index contributed by atoms with van der Waals surface area (Å²) in [6.07, 6.45) is 3.57. The first-order valence-electron chi connectivity index (χ1n) is 8.81. The third kappa shape index (κ3) is 4.47. The first-order valence-corrected chi connectivity index (χ1v) is 8.81. The van der Waals surface area contributed by atoms with Crippen LogP contribution < -0.4 is 15.4 Å². The molecule has 3 rings (SSSR count). The number of aryl methyl sites for hydroxylation is 1. The van der Waals surface area contributed by atoms with Crippen molar-refractivity contribution in [2.45, 2.75) is 19.0 Å². The Labute approximate surface area is 159 Å². The molecule has 0 radical (unpaired) electrons. The first-order chi connectivity index (χ1) is 13.1. The zero-order chi connectivity index (χ0) is 19.2. The molecule has 2 N–H and O–H groups in total. The van der Waals surface area contributed by atoms with E-state index in [0.717, 1.165) is 22.7 Å². The zero-order valence-electron chi connectivity index (χ0n) is 15.7. The van der Waals surface area contributed by atoms with Gasteiger partial charge in [-0.25, -0.2) is 9.78 Å². The fourth-order valence-electron chi connectivity index (χ4n) is 2.97. The number of aromatic nitrogens is 2. The second kappa shape index (κ2) is 8.40. The van der Waals surface area contributed by atoms with Gasteiger partial charge in [0.1, 0.15) is 17.6 Å². The number of hydrogen-bond acceptors (Lipinski definition) is 3. The normalized spacial score (nSPS) is 12.9. The smallest absolute Gasteiger partial charge is 0.316 e. The van der Waals surface area contributed by atoms with Crippen molar-refractivity contribution in [3.8, 4) is 5.75 Å². The van der Waals surface area contributed by atoms with Crippen LogP contribution in [0.15, 0.2) is 67.0 Å². The Morgan fingerprint density at radius 1 is 1.07 bits per heavy atom. The van der Waals surface area contributed by atoms with Crippen LogP contribution >= 0.6 is 0 Å². The Morgan fingerprint density at radius 2 is 1.81 bits per heavy atom. The van der Waals surface area contributed by atoms with Crippen molar-refractivity contribution in [3.63, 3.8) is 0 Å². The average molecular weight is 364 g/mol. The number of benzene rings is 2. The third-order valence-corrected chi connectivity index (χ3v) is 4.47. The number of imidazole rings is 1. The summed E-state index contributed by atoms with van der Waals surface area (Å²) in [6.45, 7) is 1.95. The predicted octanol–water partition coefficient (Wildman–Crippen LogP) is 3.58. The second-order valence-corrected chi connectivity index (χ2v) is 6.36. The molecule has 0 saturated heterocycles. The number of nitrogens with one attached hydrogen (secondary N) is 2. The van der Waals surface area contributed by atoms with Gasteiger partial charge in [0, 0.05) is 19.4 Å². The maximum atomic E-state index is 12.7. The second-order valence-electron chi connectivity index (χ2n) is 6.36. The number of amides is 2. The highest BCUT2D eigenvalue weighted by Crippen LogP contribution is 2.24. The summed E-state index contributed by atoms with van der Waals surface area (Å²) in [4.78, 5) is 17.1. The van der Waals surface area contributed by atoms with E-state index in [-0.39, 0.29) is 12.1 Å². The molecule has 0 aliphatic heterocycles. The molecule has 2 amide bonds. The van der Waals surface area contributed by atoms with E-state index in [2.05, 4.69) is 15.6 Å². The van der Waals surface area contributed by atoms with E-state index >= 15 is 0 Å².